The second-order valence-electron chi connectivity index (χ2n) is 10.6. The molecule has 9 nitrogen and oxygen atoms in total. The van der Waals surface area contributed by atoms with Crippen LogP contribution in [0.1, 0.15) is 52.7 Å². The molecule has 2 aromatic carbocycles. The third-order valence-corrected chi connectivity index (χ3v) is 5.63. The topological polar surface area (TPSA) is 110 Å². The maximum Gasteiger partial charge on any atom is 0.421 e. The van der Waals surface area contributed by atoms with Gasteiger partial charge in [-0.05, 0) is 65.8 Å². The molecule has 0 bridgehead atoms. The number of nitrogens with one attached hydrogen (secondary N) is 2. The van der Waals surface area contributed by atoms with Crippen LogP contribution in [-0.2, 0) is 19.8 Å². The van der Waals surface area contributed by atoms with E-state index in [0.29, 0.717) is 28.0 Å². The first-order valence-electron chi connectivity index (χ1n) is 11.6. The SMILES string of the molecule is COc1ccc2[nH]cc([C@]3(NC(=O)OC(C)(C)C)C(=O)N(C(=O)OC(C)(C)C)c4ccccc43)c2c1. The number of amides is 3. The number of para-hydroxylation sites is 1. The normalized spacial score (nSPS) is 17.6. The van der Waals surface area contributed by atoms with Gasteiger partial charge in [-0.15, -0.1) is 0 Å². The molecule has 3 amide bonds. The van der Waals surface area contributed by atoms with Gasteiger partial charge in [0.2, 0.25) is 0 Å². The second kappa shape index (κ2) is 8.58. The molecule has 1 aromatic heterocycles. The van der Waals surface area contributed by atoms with Gasteiger partial charge in [-0.3, -0.25) is 10.1 Å². The van der Waals surface area contributed by atoms with Crippen molar-refractivity contribution in [2.75, 3.05) is 12.0 Å². The van der Waals surface area contributed by atoms with E-state index >= 15 is 0 Å². The minimum atomic E-state index is -1.78. The zero-order valence-electron chi connectivity index (χ0n) is 21.5. The standard InChI is InChI=1S/C27H31N3O6/c1-25(2,3)35-23(32)29-27(19-15-28-20-13-12-16(34-7)14-17(19)20)18-10-8-9-11-21(18)30(22(27)31)24(33)36-26(4,5)6/h8-15,28H,1-7H3,(H,29,32)/t27-/m0/s1. The first-order chi connectivity index (χ1) is 16.8. The Labute approximate surface area is 209 Å². The highest BCUT2D eigenvalue weighted by Crippen LogP contribution is 2.47. The van der Waals surface area contributed by atoms with Crippen molar-refractivity contribution in [3.8, 4) is 5.75 Å². The number of rotatable bonds is 3. The molecule has 36 heavy (non-hydrogen) atoms. The van der Waals surface area contributed by atoms with Crippen molar-refractivity contribution in [1.29, 1.82) is 0 Å². The molecule has 9 heteroatoms. The van der Waals surface area contributed by atoms with Crippen LogP contribution < -0.4 is 15.0 Å². The maximum atomic E-state index is 14.3. The number of alkyl carbamates (subject to hydrolysis) is 1. The van der Waals surface area contributed by atoms with Crippen LogP contribution in [0, 0.1) is 0 Å². The molecule has 0 aliphatic carbocycles. The molecule has 0 unspecified atom stereocenters. The molecule has 0 fully saturated rings. The van der Waals surface area contributed by atoms with Crippen LogP contribution in [0.3, 0.4) is 0 Å². The number of H-pyrrole nitrogens is 1. The first kappa shape index (κ1) is 25.1. The summed E-state index contributed by atoms with van der Waals surface area (Å²) in [6, 6.07) is 12.2. The Kier molecular flexibility index (Phi) is 5.98. The van der Waals surface area contributed by atoms with E-state index in [4.69, 9.17) is 14.2 Å². The lowest BCUT2D eigenvalue weighted by molar-refractivity contribution is -0.122. The molecule has 2 N–H and O–H groups in total. The van der Waals surface area contributed by atoms with Crippen LogP contribution in [0.15, 0.2) is 48.7 Å². The number of carbonyl (C=O) groups excluding carboxylic acids is 3. The van der Waals surface area contributed by atoms with Gasteiger partial charge in [0.25, 0.3) is 5.91 Å². The van der Waals surface area contributed by atoms with Crippen molar-refractivity contribution in [3.63, 3.8) is 0 Å². The smallest absolute Gasteiger partial charge is 0.421 e. The predicted molar refractivity (Wildman–Crippen MR) is 135 cm³/mol. The Balaban J connectivity index is 1.97. The summed E-state index contributed by atoms with van der Waals surface area (Å²) < 4.78 is 16.5. The number of carbonyl (C=O) groups is 3. The summed E-state index contributed by atoms with van der Waals surface area (Å²) in [4.78, 5) is 44.9. The highest BCUT2D eigenvalue weighted by atomic mass is 16.6. The van der Waals surface area contributed by atoms with Crippen molar-refractivity contribution in [3.05, 3.63) is 59.8 Å². The highest BCUT2D eigenvalue weighted by molar-refractivity contribution is 6.23. The molecule has 0 saturated carbocycles. The maximum absolute atomic E-state index is 14.3. The summed E-state index contributed by atoms with van der Waals surface area (Å²) in [5.41, 5.74) is -1.56. The monoisotopic (exact) mass is 493 g/mol. The van der Waals surface area contributed by atoms with Crippen molar-refractivity contribution >= 4 is 34.7 Å². The summed E-state index contributed by atoms with van der Waals surface area (Å²) in [5, 5.41) is 3.45. The summed E-state index contributed by atoms with van der Waals surface area (Å²) in [5.74, 6) is -0.119. The summed E-state index contributed by atoms with van der Waals surface area (Å²) >= 11 is 0. The third kappa shape index (κ3) is 4.36. The molecule has 2 heterocycles. The molecule has 0 saturated heterocycles. The van der Waals surface area contributed by atoms with Gasteiger partial charge < -0.3 is 19.2 Å². The average molecular weight is 494 g/mol. The summed E-state index contributed by atoms with van der Waals surface area (Å²) in [6.45, 7) is 10.3. The van der Waals surface area contributed by atoms with E-state index in [1.165, 1.54) is 0 Å². The van der Waals surface area contributed by atoms with Gasteiger partial charge in [0, 0.05) is 28.2 Å². The number of ether oxygens (including phenoxy) is 3. The van der Waals surface area contributed by atoms with Gasteiger partial charge in [0.15, 0.2) is 5.54 Å². The lowest BCUT2D eigenvalue weighted by atomic mass is 9.83. The fourth-order valence-corrected chi connectivity index (χ4v) is 4.31. The molecule has 190 valence electrons. The van der Waals surface area contributed by atoms with Crippen LogP contribution in [-0.4, -0.2) is 41.4 Å². The Morgan fingerprint density at radius 2 is 1.61 bits per heavy atom. The van der Waals surface area contributed by atoms with Crippen LogP contribution in [0.5, 0.6) is 5.75 Å². The van der Waals surface area contributed by atoms with Crippen molar-refractivity contribution < 1.29 is 28.6 Å². The molecule has 1 atom stereocenters. The number of aromatic amines is 1. The van der Waals surface area contributed by atoms with Crippen molar-refractivity contribution in [2.24, 2.45) is 0 Å². The lowest BCUT2D eigenvalue weighted by Gasteiger charge is -2.31. The number of hydrogen-bond acceptors (Lipinski definition) is 6. The van der Waals surface area contributed by atoms with Gasteiger partial charge >= 0.3 is 12.2 Å². The molecule has 0 radical (unpaired) electrons. The van der Waals surface area contributed by atoms with Crippen molar-refractivity contribution in [1.82, 2.24) is 10.3 Å². The van der Waals surface area contributed by atoms with Gasteiger partial charge in [-0.1, -0.05) is 18.2 Å². The minimum absolute atomic E-state index is 0.310. The Morgan fingerprint density at radius 3 is 2.25 bits per heavy atom. The van der Waals surface area contributed by atoms with E-state index in [9.17, 15) is 14.4 Å². The Bertz CT molecular complexity index is 1350. The van der Waals surface area contributed by atoms with Gasteiger partial charge in [-0.25, -0.2) is 14.5 Å². The predicted octanol–water partition coefficient (Wildman–Crippen LogP) is 5.23. The number of anilines is 1. The van der Waals surface area contributed by atoms with E-state index < -0.39 is 34.8 Å². The lowest BCUT2D eigenvalue weighted by Crippen LogP contribution is -2.56. The van der Waals surface area contributed by atoms with Gasteiger partial charge in [-0.2, -0.15) is 0 Å². The van der Waals surface area contributed by atoms with Crippen LogP contribution in [0.4, 0.5) is 15.3 Å². The van der Waals surface area contributed by atoms with Gasteiger partial charge in [0.05, 0.1) is 12.8 Å². The van der Waals surface area contributed by atoms with Crippen LogP contribution in [0.2, 0.25) is 0 Å². The number of benzene rings is 2. The van der Waals surface area contributed by atoms with E-state index in [1.54, 1.807) is 91.2 Å². The number of hydrogen-bond donors (Lipinski definition) is 2. The minimum Gasteiger partial charge on any atom is -0.497 e. The van der Waals surface area contributed by atoms with Crippen LogP contribution in [0.25, 0.3) is 10.9 Å². The van der Waals surface area contributed by atoms with E-state index in [0.717, 1.165) is 10.4 Å². The molecular weight excluding hydrogens is 462 g/mol. The fraction of sp³-hybridized carbons (Fsp3) is 0.370. The Morgan fingerprint density at radius 1 is 0.944 bits per heavy atom. The molecule has 3 aromatic rings. The van der Waals surface area contributed by atoms with E-state index in [-0.39, 0.29) is 0 Å². The fourth-order valence-electron chi connectivity index (χ4n) is 4.31. The quantitative estimate of drug-likeness (QED) is 0.517. The van der Waals surface area contributed by atoms with Gasteiger partial charge in [0.1, 0.15) is 17.0 Å². The largest absolute Gasteiger partial charge is 0.497 e. The Hall–Kier alpha value is -4.01. The number of aromatic nitrogens is 1. The molecule has 1 aliphatic heterocycles. The van der Waals surface area contributed by atoms with Crippen molar-refractivity contribution in [2.45, 2.75) is 58.3 Å². The summed E-state index contributed by atoms with van der Waals surface area (Å²) in [6.07, 6.45) is -0.00598. The average Bonchev–Trinajstić information content (AvgIpc) is 3.28. The van der Waals surface area contributed by atoms with E-state index in [1.807, 2.05) is 6.07 Å². The number of imide groups is 1. The highest BCUT2D eigenvalue weighted by Gasteiger charge is 2.57. The van der Waals surface area contributed by atoms with Crippen LogP contribution >= 0.6 is 0 Å². The second-order valence-corrected chi connectivity index (χ2v) is 10.6. The first-order valence-corrected chi connectivity index (χ1v) is 11.6. The van der Waals surface area contributed by atoms with E-state index in [2.05, 4.69) is 10.3 Å². The molecule has 1 aliphatic rings. The molecular formula is C27H31N3O6. The number of fused-ring (bicyclic) bond motifs is 2. The zero-order valence-corrected chi connectivity index (χ0v) is 21.5. The zero-order chi connectivity index (χ0) is 26.5. The molecule has 0 spiro atoms. The number of methoxy groups -OCH3 is 1. The molecule has 4 rings (SSSR count). The third-order valence-electron chi connectivity index (χ3n) is 5.63. The summed E-state index contributed by atoms with van der Waals surface area (Å²) in [7, 11) is 1.54. The number of nitrogens with zero attached hydrogens (tertiary/aromatic N) is 1.